The molecule has 1 heterocycles. The topological polar surface area (TPSA) is 92.8 Å². The van der Waals surface area contributed by atoms with Gasteiger partial charge in [-0.15, -0.1) is 0 Å². The van der Waals surface area contributed by atoms with Crippen molar-refractivity contribution < 1.29 is 22.7 Å². The third-order valence-corrected chi connectivity index (χ3v) is 6.38. The molecule has 1 amide bonds. The maximum Gasteiger partial charge on any atom is 0.339 e. The highest BCUT2D eigenvalue weighted by molar-refractivity contribution is 7.89. The molecule has 0 unspecified atom stereocenters. The van der Waals surface area contributed by atoms with Crippen molar-refractivity contribution in [1.82, 2.24) is 9.62 Å². The second-order valence-electron chi connectivity index (χ2n) is 6.81. The number of hydrogen-bond donors (Lipinski definition) is 1. The maximum absolute atomic E-state index is 12.9. The maximum atomic E-state index is 12.9. The van der Waals surface area contributed by atoms with Crippen LogP contribution in [0.3, 0.4) is 0 Å². The van der Waals surface area contributed by atoms with E-state index in [4.69, 9.17) is 0 Å². The molecule has 0 saturated carbocycles. The van der Waals surface area contributed by atoms with Crippen LogP contribution >= 0.6 is 0 Å². The van der Waals surface area contributed by atoms with Gasteiger partial charge >= 0.3 is 5.97 Å². The molecule has 1 aliphatic rings. The molecule has 1 aromatic carbocycles. The number of sulfonamides is 1. The van der Waals surface area contributed by atoms with Crippen LogP contribution in [0.15, 0.2) is 29.2 Å². The van der Waals surface area contributed by atoms with Gasteiger partial charge in [-0.1, -0.05) is 26.0 Å². The van der Waals surface area contributed by atoms with Crippen molar-refractivity contribution in [1.29, 1.82) is 0 Å². The van der Waals surface area contributed by atoms with Crippen molar-refractivity contribution >= 4 is 21.9 Å². The molecule has 26 heavy (non-hydrogen) atoms. The van der Waals surface area contributed by atoms with Crippen LogP contribution in [0.1, 0.15) is 37.0 Å². The number of rotatable bonds is 6. The zero-order chi connectivity index (χ0) is 19.3. The Hall–Kier alpha value is -1.93. The first-order chi connectivity index (χ1) is 12.3. The molecule has 0 bridgehead atoms. The third-order valence-electron chi connectivity index (χ3n) is 4.42. The molecule has 0 spiro atoms. The van der Waals surface area contributed by atoms with Crippen molar-refractivity contribution in [3.8, 4) is 0 Å². The van der Waals surface area contributed by atoms with Gasteiger partial charge in [0.25, 0.3) is 0 Å². The lowest BCUT2D eigenvalue weighted by molar-refractivity contribution is -0.126. The quantitative estimate of drug-likeness (QED) is 0.755. The number of benzene rings is 1. The Kier molecular flexibility index (Phi) is 6.77. The molecule has 8 heteroatoms. The van der Waals surface area contributed by atoms with Crippen molar-refractivity contribution in [2.24, 2.45) is 11.8 Å². The van der Waals surface area contributed by atoms with Crippen LogP contribution in [0.5, 0.6) is 0 Å². The third kappa shape index (κ3) is 4.62. The molecule has 7 nitrogen and oxygen atoms in total. The summed E-state index contributed by atoms with van der Waals surface area (Å²) in [4.78, 5) is 24.0. The minimum absolute atomic E-state index is 0.0202. The fraction of sp³-hybridized carbons (Fsp3) is 0.556. The SMILES string of the molecule is COC(=O)c1ccccc1S(=O)(=O)N1CCC(C(=O)NCC(C)C)CC1. The lowest BCUT2D eigenvalue weighted by atomic mass is 9.97. The van der Waals surface area contributed by atoms with E-state index in [0.717, 1.165) is 0 Å². The van der Waals surface area contributed by atoms with E-state index in [9.17, 15) is 18.0 Å². The number of esters is 1. The second kappa shape index (κ2) is 8.64. The Labute approximate surface area is 154 Å². The van der Waals surface area contributed by atoms with Crippen molar-refractivity contribution in [2.75, 3.05) is 26.7 Å². The van der Waals surface area contributed by atoms with Gasteiger partial charge in [0.2, 0.25) is 15.9 Å². The van der Waals surface area contributed by atoms with Crippen LogP contribution in [0.2, 0.25) is 0 Å². The largest absolute Gasteiger partial charge is 0.465 e. The number of hydrogen-bond acceptors (Lipinski definition) is 5. The first-order valence-corrected chi connectivity index (χ1v) is 10.2. The Morgan fingerprint density at radius 3 is 2.42 bits per heavy atom. The molecule has 1 aliphatic heterocycles. The highest BCUT2D eigenvalue weighted by Gasteiger charge is 2.34. The van der Waals surface area contributed by atoms with Gasteiger partial charge in [-0.2, -0.15) is 4.31 Å². The molecule has 0 aliphatic carbocycles. The van der Waals surface area contributed by atoms with Crippen molar-refractivity contribution in [3.05, 3.63) is 29.8 Å². The van der Waals surface area contributed by atoms with E-state index in [0.29, 0.717) is 25.3 Å². The molecule has 0 atom stereocenters. The number of nitrogens with zero attached hydrogens (tertiary/aromatic N) is 1. The molecule has 1 fully saturated rings. The average molecular weight is 382 g/mol. The van der Waals surface area contributed by atoms with Crippen molar-refractivity contribution in [2.45, 2.75) is 31.6 Å². The first kappa shape index (κ1) is 20.4. The summed E-state index contributed by atoms with van der Waals surface area (Å²) < 4.78 is 31.9. The van der Waals surface area contributed by atoms with Gasteiger partial charge < -0.3 is 10.1 Å². The Balaban J connectivity index is 2.09. The number of ether oxygens (including phenoxy) is 1. The minimum Gasteiger partial charge on any atom is -0.465 e. The summed E-state index contributed by atoms with van der Waals surface area (Å²) >= 11 is 0. The van der Waals surface area contributed by atoms with E-state index in [1.165, 1.54) is 23.5 Å². The Morgan fingerprint density at radius 1 is 1.23 bits per heavy atom. The standard InChI is InChI=1S/C18H26N2O5S/c1-13(2)12-19-17(21)14-8-10-20(11-9-14)26(23,24)16-7-5-4-6-15(16)18(22)25-3/h4-7,13-14H,8-12H2,1-3H3,(H,19,21). The molecule has 1 N–H and O–H groups in total. The Morgan fingerprint density at radius 2 is 1.85 bits per heavy atom. The fourth-order valence-corrected chi connectivity index (χ4v) is 4.57. The zero-order valence-corrected chi connectivity index (χ0v) is 16.2. The van der Waals surface area contributed by atoms with Gasteiger partial charge in [0.1, 0.15) is 0 Å². The van der Waals surface area contributed by atoms with Gasteiger partial charge in [-0.05, 0) is 30.9 Å². The lowest BCUT2D eigenvalue weighted by Crippen LogP contribution is -2.43. The number of piperidine rings is 1. The fourth-order valence-electron chi connectivity index (χ4n) is 2.92. The van der Waals surface area contributed by atoms with Gasteiger partial charge in [0.05, 0.1) is 17.6 Å². The van der Waals surface area contributed by atoms with Crippen LogP contribution in [-0.4, -0.2) is 51.3 Å². The monoisotopic (exact) mass is 382 g/mol. The summed E-state index contributed by atoms with van der Waals surface area (Å²) in [6, 6.07) is 6.01. The summed E-state index contributed by atoms with van der Waals surface area (Å²) in [7, 11) is -2.61. The van der Waals surface area contributed by atoms with Gasteiger partial charge in [-0.25, -0.2) is 13.2 Å². The molecular formula is C18H26N2O5S. The lowest BCUT2D eigenvalue weighted by Gasteiger charge is -2.31. The van der Waals surface area contributed by atoms with Crippen molar-refractivity contribution in [3.63, 3.8) is 0 Å². The Bertz CT molecular complexity index is 753. The predicted molar refractivity (Wildman–Crippen MR) is 97.1 cm³/mol. The van der Waals surface area contributed by atoms with E-state index >= 15 is 0 Å². The molecule has 0 aromatic heterocycles. The molecule has 2 rings (SSSR count). The zero-order valence-electron chi connectivity index (χ0n) is 15.4. The van der Waals surface area contributed by atoms with E-state index < -0.39 is 16.0 Å². The normalized spacial score (nSPS) is 16.5. The summed E-state index contributed by atoms with van der Waals surface area (Å²) in [6.07, 6.45) is 0.924. The van der Waals surface area contributed by atoms with Crippen LogP contribution in [0.4, 0.5) is 0 Å². The number of nitrogens with one attached hydrogen (secondary N) is 1. The number of carbonyl (C=O) groups excluding carboxylic acids is 2. The summed E-state index contributed by atoms with van der Waals surface area (Å²) in [5.74, 6) is -0.525. The van der Waals surface area contributed by atoms with Crippen LogP contribution in [0, 0.1) is 11.8 Å². The number of carbonyl (C=O) groups is 2. The first-order valence-electron chi connectivity index (χ1n) is 8.72. The molecule has 144 valence electrons. The highest BCUT2D eigenvalue weighted by Crippen LogP contribution is 2.26. The van der Waals surface area contributed by atoms with E-state index in [1.54, 1.807) is 12.1 Å². The summed E-state index contributed by atoms with van der Waals surface area (Å²) in [5, 5.41) is 2.90. The van der Waals surface area contributed by atoms with Gasteiger partial charge in [0.15, 0.2) is 0 Å². The second-order valence-corrected chi connectivity index (χ2v) is 8.71. The van der Waals surface area contributed by atoms with E-state index in [-0.39, 0.29) is 35.4 Å². The van der Waals surface area contributed by atoms with Crippen LogP contribution in [-0.2, 0) is 19.6 Å². The predicted octanol–water partition coefficient (Wildman–Crippen LogP) is 1.65. The van der Waals surface area contributed by atoms with Gasteiger partial charge in [-0.3, -0.25) is 4.79 Å². The molecule has 1 aromatic rings. The molecule has 1 saturated heterocycles. The smallest absolute Gasteiger partial charge is 0.339 e. The number of amides is 1. The minimum atomic E-state index is -3.82. The van der Waals surface area contributed by atoms with E-state index in [1.807, 2.05) is 13.8 Å². The van der Waals surface area contributed by atoms with Crippen LogP contribution in [0.25, 0.3) is 0 Å². The van der Waals surface area contributed by atoms with Gasteiger partial charge in [0, 0.05) is 25.6 Å². The summed E-state index contributed by atoms with van der Waals surface area (Å²) in [6.45, 7) is 5.15. The van der Waals surface area contributed by atoms with Crippen LogP contribution < -0.4 is 5.32 Å². The molecule has 0 radical (unpaired) electrons. The molecular weight excluding hydrogens is 356 g/mol. The average Bonchev–Trinajstić information content (AvgIpc) is 2.65. The summed E-state index contributed by atoms with van der Waals surface area (Å²) in [5.41, 5.74) is 0.0202. The van der Waals surface area contributed by atoms with E-state index in [2.05, 4.69) is 10.1 Å². The highest BCUT2D eigenvalue weighted by atomic mass is 32.2. The number of methoxy groups -OCH3 is 1.